The largest absolute Gasteiger partial charge is 0.512 e. The van der Waals surface area contributed by atoms with E-state index in [-0.39, 0.29) is 24.3 Å². The minimum atomic E-state index is -0.376. The number of benzene rings is 2. The summed E-state index contributed by atoms with van der Waals surface area (Å²) < 4.78 is 7.57. The molecule has 4 rings (SSSR count). The predicted octanol–water partition coefficient (Wildman–Crippen LogP) is 4.76. The van der Waals surface area contributed by atoms with Gasteiger partial charge in [-0.3, -0.25) is 4.79 Å². The molecule has 0 bridgehead atoms. The standard InChI is InChI=1S/C22H21NO3/c1-15-9-10-21(20-8-4-6-16-5-2-3-7-19(16)20)23(15)12-11-18-13-17(24)14-22(25)26-18/h2-10,13,18,24H,11-12,14H2,1H3. The molecular formula is C22H21NO3. The lowest BCUT2D eigenvalue weighted by Gasteiger charge is -2.21. The Morgan fingerprint density at radius 2 is 1.92 bits per heavy atom. The molecule has 1 aromatic heterocycles. The summed E-state index contributed by atoms with van der Waals surface area (Å²) in [6, 6.07) is 18.9. The van der Waals surface area contributed by atoms with Crippen LogP contribution in [0.4, 0.5) is 0 Å². The van der Waals surface area contributed by atoms with Crippen LogP contribution in [0.15, 0.2) is 66.4 Å². The molecule has 3 aromatic rings. The number of aryl methyl sites for hydroxylation is 1. The molecule has 0 radical (unpaired) electrons. The van der Waals surface area contributed by atoms with E-state index in [0.717, 1.165) is 11.4 Å². The highest BCUT2D eigenvalue weighted by atomic mass is 16.5. The topological polar surface area (TPSA) is 51.5 Å². The van der Waals surface area contributed by atoms with Gasteiger partial charge in [0.1, 0.15) is 18.3 Å². The normalized spacial score (nSPS) is 17.2. The smallest absolute Gasteiger partial charge is 0.314 e. The first kappa shape index (κ1) is 16.5. The molecule has 1 aliphatic rings. The van der Waals surface area contributed by atoms with Crippen LogP contribution in [0.25, 0.3) is 22.0 Å². The van der Waals surface area contributed by atoms with Gasteiger partial charge >= 0.3 is 5.97 Å². The van der Waals surface area contributed by atoms with Gasteiger partial charge < -0.3 is 14.4 Å². The van der Waals surface area contributed by atoms with Crippen molar-refractivity contribution in [2.45, 2.75) is 32.4 Å². The van der Waals surface area contributed by atoms with Crippen LogP contribution in [-0.4, -0.2) is 21.7 Å². The highest BCUT2D eigenvalue weighted by Gasteiger charge is 2.21. The third-order valence-corrected chi connectivity index (χ3v) is 4.89. The average Bonchev–Trinajstić information content (AvgIpc) is 2.99. The lowest BCUT2D eigenvalue weighted by molar-refractivity contribution is -0.148. The number of carbonyl (C=O) groups excluding carboxylic acids is 1. The van der Waals surface area contributed by atoms with E-state index in [1.807, 2.05) is 6.07 Å². The molecule has 0 amide bonds. The van der Waals surface area contributed by atoms with Crippen molar-refractivity contribution < 1.29 is 14.6 Å². The summed E-state index contributed by atoms with van der Waals surface area (Å²) in [6.45, 7) is 2.79. The number of ether oxygens (including phenoxy) is 1. The number of hydrogen-bond acceptors (Lipinski definition) is 3. The molecule has 4 heteroatoms. The Morgan fingerprint density at radius 3 is 2.77 bits per heavy atom. The summed E-state index contributed by atoms with van der Waals surface area (Å²) in [6.07, 6.45) is 1.86. The first-order valence-corrected chi connectivity index (χ1v) is 8.85. The summed E-state index contributed by atoms with van der Waals surface area (Å²) in [5.41, 5.74) is 3.49. The van der Waals surface area contributed by atoms with E-state index in [2.05, 4.69) is 60.0 Å². The Balaban J connectivity index is 1.66. The summed E-state index contributed by atoms with van der Waals surface area (Å²) >= 11 is 0. The van der Waals surface area contributed by atoms with Gasteiger partial charge in [-0.1, -0.05) is 42.5 Å². The molecule has 0 saturated heterocycles. The third kappa shape index (κ3) is 3.10. The number of aliphatic hydroxyl groups is 1. The van der Waals surface area contributed by atoms with Gasteiger partial charge in [-0.15, -0.1) is 0 Å². The predicted molar refractivity (Wildman–Crippen MR) is 102 cm³/mol. The van der Waals surface area contributed by atoms with Gasteiger partial charge in [0.25, 0.3) is 0 Å². The van der Waals surface area contributed by atoms with Crippen LogP contribution in [0.3, 0.4) is 0 Å². The second-order valence-electron chi connectivity index (χ2n) is 6.69. The van der Waals surface area contributed by atoms with Gasteiger partial charge in [0, 0.05) is 29.9 Å². The Morgan fingerprint density at radius 1 is 1.12 bits per heavy atom. The van der Waals surface area contributed by atoms with E-state index in [4.69, 9.17) is 4.74 Å². The van der Waals surface area contributed by atoms with E-state index in [0.29, 0.717) is 13.0 Å². The second kappa shape index (κ2) is 6.71. The van der Waals surface area contributed by atoms with Crippen molar-refractivity contribution in [2.75, 3.05) is 0 Å². The van der Waals surface area contributed by atoms with E-state index in [1.165, 1.54) is 16.3 Å². The quantitative estimate of drug-likeness (QED) is 0.692. The van der Waals surface area contributed by atoms with E-state index in [9.17, 15) is 9.90 Å². The van der Waals surface area contributed by atoms with Gasteiger partial charge in [0.2, 0.25) is 0 Å². The number of hydrogen-bond donors (Lipinski definition) is 1. The monoisotopic (exact) mass is 347 g/mol. The third-order valence-electron chi connectivity index (χ3n) is 4.89. The Hall–Kier alpha value is -3.01. The lowest BCUT2D eigenvalue weighted by Crippen LogP contribution is -2.23. The Labute approximate surface area is 152 Å². The molecule has 1 N–H and O–H groups in total. The van der Waals surface area contributed by atoms with Gasteiger partial charge in [0.05, 0.1) is 0 Å². The van der Waals surface area contributed by atoms with Crippen LogP contribution >= 0.6 is 0 Å². The summed E-state index contributed by atoms with van der Waals surface area (Å²) in [5, 5.41) is 12.1. The summed E-state index contributed by atoms with van der Waals surface area (Å²) in [7, 11) is 0. The lowest BCUT2D eigenvalue weighted by atomic mass is 10.0. The number of fused-ring (bicyclic) bond motifs is 1. The number of esters is 1. The van der Waals surface area contributed by atoms with E-state index < -0.39 is 0 Å². The maximum Gasteiger partial charge on any atom is 0.314 e. The van der Waals surface area contributed by atoms with E-state index in [1.54, 1.807) is 6.08 Å². The molecule has 132 valence electrons. The van der Waals surface area contributed by atoms with Crippen molar-refractivity contribution in [1.82, 2.24) is 4.57 Å². The fraction of sp³-hybridized carbons (Fsp3) is 0.227. The number of aliphatic hydroxyl groups excluding tert-OH is 1. The molecule has 26 heavy (non-hydrogen) atoms. The Bertz CT molecular complexity index is 994. The molecule has 1 aliphatic heterocycles. The molecule has 0 aliphatic carbocycles. The van der Waals surface area contributed by atoms with Crippen molar-refractivity contribution in [3.8, 4) is 11.3 Å². The SMILES string of the molecule is Cc1ccc(-c2cccc3ccccc23)n1CCC1C=C(O)CC(=O)O1. The van der Waals surface area contributed by atoms with Crippen molar-refractivity contribution in [2.24, 2.45) is 0 Å². The molecular weight excluding hydrogens is 326 g/mol. The fourth-order valence-corrected chi connectivity index (χ4v) is 3.61. The zero-order valence-electron chi connectivity index (χ0n) is 14.7. The molecule has 1 unspecified atom stereocenters. The fourth-order valence-electron chi connectivity index (χ4n) is 3.61. The van der Waals surface area contributed by atoms with Gasteiger partial charge in [0.15, 0.2) is 0 Å². The zero-order valence-corrected chi connectivity index (χ0v) is 14.7. The number of carbonyl (C=O) groups is 1. The first-order chi connectivity index (χ1) is 12.6. The number of nitrogens with zero attached hydrogens (tertiary/aromatic N) is 1. The number of aromatic nitrogens is 1. The van der Waals surface area contributed by atoms with Crippen LogP contribution in [0.2, 0.25) is 0 Å². The number of cyclic esters (lactones) is 1. The Kier molecular flexibility index (Phi) is 4.25. The number of rotatable bonds is 4. The van der Waals surface area contributed by atoms with Gasteiger partial charge in [-0.05, 0) is 35.9 Å². The summed E-state index contributed by atoms with van der Waals surface area (Å²) in [5.74, 6) is -0.266. The zero-order chi connectivity index (χ0) is 18.1. The van der Waals surface area contributed by atoms with Crippen LogP contribution in [0, 0.1) is 6.92 Å². The molecule has 0 spiro atoms. The minimum absolute atomic E-state index is 0.0275. The van der Waals surface area contributed by atoms with Crippen LogP contribution in [0.5, 0.6) is 0 Å². The molecule has 2 aromatic carbocycles. The van der Waals surface area contributed by atoms with Gasteiger partial charge in [-0.25, -0.2) is 0 Å². The van der Waals surface area contributed by atoms with Crippen molar-refractivity contribution in [1.29, 1.82) is 0 Å². The molecule has 1 atom stereocenters. The molecule has 0 fully saturated rings. The van der Waals surface area contributed by atoms with Crippen molar-refractivity contribution in [3.63, 3.8) is 0 Å². The average molecular weight is 347 g/mol. The van der Waals surface area contributed by atoms with Crippen LogP contribution < -0.4 is 0 Å². The highest BCUT2D eigenvalue weighted by Crippen LogP contribution is 2.30. The highest BCUT2D eigenvalue weighted by molar-refractivity contribution is 5.96. The van der Waals surface area contributed by atoms with Crippen molar-refractivity contribution in [3.05, 3.63) is 72.1 Å². The van der Waals surface area contributed by atoms with Crippen LogP contribution in [0.1, 0.15) is 18.5 Å². The first-order valence-electron chi connectivity index (χ1n) is 8.85. The minimum Gasteiger partial charge on any atom is -0.512 e. The maximum absolute atomic E-state index is 11.5. The van der Waals surface area contributed by atoms with E-state index >= 15 is 0 Å². The molecule has 0 saturated carbocycles. The van der Waals surface area contributed by atoms with Gasteiger partial charge in [-0.2, -0.15) is 0 Å². The molecule has 2 heterocycles. The second-order valence-corrected chi connectivity index (χ2v) is 6.69. The molecule has 4 nitrogen and oxygen atoms in total. The van der Waals surface area contributed by atoms with Crippen molar-refractivity contribution >= 4 is 16.7 Å². The van der Waals surface area contributed by atoms with Crippen LogP contribution in [-0.2, 0) is 16.1 Å². The maximum atomic E-state index is 11.5. The summed E-state index contributed by atoms with van der Waals surface area (Å²) in [4.78, 5) is 11.5.